The third kappa shape index (κ3) is 3.33. The van der Waals surface area contributed by atoms with Crippen LogP contribution in [0.25, 0.3) is 10.8 Å². The largest absolute Gasteiger partial charge is 0.333 e. The Bertz CT molecular complexity index is 554. The maximum absolute atomic E-state index is 5.94. The number of likely N-dealkylation sites (tertiary alicyclic amines) is 1. The van der Waals surface area contributed by atoms with E-state index in [4.69, 9.17) is 10.3 Å². The highest BCUT2D eigenvalue weighted by molar-refractivity contribution is 7.13. The molecule has 21 heavy (non-hydrogen) atoms. The number of nitrogens with zero attached hydrogens (tertiary/aromatic N) is 3. The second-order valence-electron chi connectivity index (χ2n) is 5.65. The number of thiophene rings is 1. The van der Waals surface area contributed by atoms with Crippen LogP contribution in [0.4, 0.5) is 0 Å². The maximum Gasteiger partial charge on any atom is 0.268 e. The molecule has 2 N–H and O–H groups in total. The van der Waals surface area contributed by atoms with E-state index in [1.54, 1.807) is 11.3 Å². The lowest BCUT2D eigenvalue weighted by molar-refractivity contribution is 0.104. The maximum atomic E-state index is 5.94. The fourth-order valence-corrected chi connectivity index (χ4v) is 3.65. The molecule has 2 aromatic rings. The minimum absolute atomic E-state index is 0.437. The first kappa shape index (κ1) is 14.7. The van der Waals surface area contributed by atoms with Crippen molar-refractivity contribution >= 4 is 11.3 Å². The van der Waals surface area contributed by atoms with Crippen molar-refractivity contribution in [2.24, 2.45) is 11.7 Å². The fourth-order valence-electron chi connectivity index (χ4n) is 3.01. The molecule has 0 aliphatic carbocycles. The van der Waals surface area contributed by atoms with Crippen molar-refractivity contribution in [3.8, 4) is 10.8 Å². The van der Waals surface area contributed by atoms with Gasteiger partial charge in [0.15, 0.2) is 5.82 Å². The van der Waals surface area contributed by atoms with Crippen molar-refractivity contribution in [1.82, 2.24) is 15.0 Å². The van der Waals surface area contributed by atoms with Crippen molar-refractivity contribution < 1.29 is 4.52 Å². The zero-order chi connectivity index (χ0) is 14.7. The molecule has 0 saturated carbocycles. The Morgan fingerprint density at radius 3 is 3.14 bits per heavy atom. The van der Waals surface area contributed by atoms with Crippen LogP contribution in [0.1, 0.15) is 32.0 Å². The van der Waals surface area contributed by atoms with E-state index >= 15 is 0 Å². The van der Waals surface area contributed by atoms with Gasteiger partial charge < -0.3 is 10.3 Å². The third-order valence-corrected chi connectivity index (χ3v) is 5.20. The minimum atomic E-state index is 0.437. The SMILES string of the molecule is CCC1CCN(Cc2noc(-c3cccs3)n2)C(CN)C1. The summed E-state index contributed by atoms with van der Waals surface area (Å²) in [4.78, 5) is 7.92. The van der Waals surface area contributed by atoms with Gasteiger partial charge in [0.25, 0.3) is 5.89 Å². The molecular formula is C15H22N4OS. The molecule has 0 bridgehead atoms. The molecule has 1 fully saturated rings. The highest BCUT2D eigenvalue weighted by Crippen LogP contribution is 2.27. The summed E-state index contributed by atoms with van der Waals surface area (Å²) in [7, 11) is 0. The molecule has 6 heteroatoms. The van der Waals surface area contributed by atoms with E-state index in [1.165, 1.54) is 19.3 Å². The Labute approximate surface area is 129 Å². The first-order valence-electron chi connectivity index (χ1n) is 7.60. The van der Waals surface area contributed by atoms with Gasteiger partial charge in [0.05, 0.1) is 11.4 Å². The van der Waals surface area contributed by atoms with Gasteiger partial charge in [0.2, 0.25) is 0 Å². The van der Waals surface area contributed by atoms with Gasteiger partial charge in [-0.1, -0.05) is 24.6 Å². The Kier molecular flexibility index (Phi) is 4.67. The molecule has 3 heterocycles. The first-order chi connectivity index (χ1) is 10.3. The van der Waals surface area contributed by atoms with E-state index in [2.05, 4.69) is 22.0 Å². The van der Waals surface area contributed by atoms with Crippen molar-refractivity contribution in [3.63, 3.8) is 0 Å². The molecule has 3 rings (SSSR count). The molecule has 2 atom stereocenters. The average Bonchev–Trinajstić information content (AvgIpc) is 3.18. The highest BCUT2D eigenvalue weighted by atomic mass is 32.1. The second kappa shape index (κ2) is 6.68. The zero-order valence-electron chi connectivity index (χ0n) is 12.4. The van der Waals surface area contributed by atoms with Crippen LogP contribution in [0.3, 0.4) is 0 Å². The molecule has 114 valence electrons. The fraction of sp³-hybridized carbons (Fsp3) is 0.600. The monoisotopic (exact) mass is 306 g/mol. The van der Waals surface area contributed by atoms with E-state index in [0.29, 0.717) is 18.5 Å². The van der Waals surface area contributed by atoms with Crippen LogP contribution in [0, 0.1) is 5.92 Å². The number of rotatable bonds is 5. The molecular weight excluding hydrogens is 284 g/mol. The van der Waals surface area contributed by atoms with Crippen molar-refractivity contribution in [2.45, 2.75) is 38.8 Å². The van der Waals surface area contributed by atoms with Crippen LogP contribution < -0.4 is 5.73 Å². The minimum Gasteiger partial charge on any atom is -0.333 e. The first-order valence-corrected chi connectivity index (χ1v) is 8.48. The van der Waals surface area contributed by atoms with E-state index in [1.807, 2.05) is 17.5 Å². The molecule has 2 aromatic heterocycles. The molecule has 0 radical (unpaired) electrons. The number of hydrogen-bond donors (Lipinski definition) is 1. The smallest absolute Gasteiger partial charge is 0.268 e. The number of hydrogen-bond acceptors (Lipinski definition) is 6. The van der Waals surface area contributed by atoms with Crippen LogP contribution in [-0.2, 0) is 6.54 Å². The van der Waals surface area contributed by atoms with Crippen LogP contribution in [-0.4, -0.2) is 34.2 Å². The van der Waals surface area contributed by atoms with Gasteiger partial charge in [-0.3, -0.25) is 4.90 Å². The Balaban J connectivity index is 1.66. The van der Waals surface area contributed by atoms with Crippen molar-refractivity contribution in [2.75, 3.05) is 13.1 Å². The third-order valence-electron chi connectivity index (χ3n) is 4.34. The molecule has 2 unspecified atom stereocenters. The summed E-state index contributed by atoms with van der Waals surface area (Å²) in [6.07, 6.45) is 3.67. The second-order valence-corrected chi connectivity index (χ2v) is 6.60. The van der Waals surface area contributed by atoms with Crippen molar-refractivity contribution in [1.29, 1.82) is 0 Å². The van der Waals surface area contributed by atoms with Crippen LogP contribution in [0.2, 0.25) is 0 Å². The standard InChI is InChI=1S/C15H22N4OS/c1-2-11-5-6-19(12(8-11)9-16)10-14-17-15(20-18-14)13-4-3-7-21-13/h3-4,7,11-12H,2,5-6,8-10,16H2,1H3. The lowest BCUT2D eigenvalue weighted by Gasteiger charge is -2.38. The molecule has 0 spiro atoms. The van der Waals surface area contributed by atoms with E-state index in [-0.39, 0.29) is 0 Å². The Morgan fingerprint density at radius 2 is 2.43 bits per heavy atom. The van der Waals surface area contributed by atoms with Crippen LogP contribution in [0.15, 0.2) is 22.0 Å². The Morgan fingerprint density at radius 1 is 1.52 bits per heavy atom. The van der Waals surface area contributed by atoms with Gasteiger partial charge in [0.1, 0.15) is 0 Å². The summed E-state index contributed by atoms with van der Waals surface area (Å²) in [5.41, 5.74) is 5.94. The van der Waals surface area contributed by atoms with Gasteiger partial charge in [-0.25, -0.2) is 0 Å². The molecule has 0 aromatic carbocycles. The van der Waals surface area contributed by atoms with Crippen LogP contribution in [0.5, 0.6) is 0 Å². The summed E-state index contributed by atoms with van der Waals surface area (Å²) in [5, 5.41) is 6.13. The Hall–Kier alpha value is -1.24. The molecule has 1 saturated heterocycles. The summed E-state index contributed by atoms with van der Waals surface area (Å²) < 4.78 is 5.35. The molecule has 1 aliphatic rings. The summed E-state index contributed by atoms with van der Waals surface area (Å²) >= 11 is 1.61. The predicted molar refractivity (Wildman–Crippen MR) is 83.9 cm³/mol. The summed E-state index contributed by atoms with van der Waals surface area (Å²) in [6.45, 7) is 4.77. The number of aromatic nitrogens is 2. The van der Waals surface area contributed by atoms with Crippen molar-refractivity contribution in [3.05, 3.63) is 23.3 Å². The molecule has 0 amide bonds. The van der Waals surface area contributed by atoms with Gasteiger partial charge >= 0.3 is 0 Å². The van der Waals surface area contributed by atoms with E-state index in [0.717, 1.165) is 29.7 Å². The summed E-state index contributed by atoms with van der Waals surface area (Å²) in [6, 6.07) is 4.42. The lowest BCUT2D eigenvalue weighted by Crippen LogP contribution is -2.46. The van der Waals surface area contributed by atoms with Gasteiger partial charge in [0, 0.05) is 12.6 Å². The normalized spacial score (nSPS) is 23.5. The van der Waals surface area contributed by atoms with Crippen LogP contribution >= 0.6 is 11.3 Å². The zero-order valence-corrected chi connectivity index (χ0v) is 13.2. The lowest BCUT2D eigenvalue weighted by atomic mass is 9.89. The topological polar surface area (TPSA) is 68.2 Å². The van der Waals surface area contributed by atoms with E-state index < -0.39 is 0 Å². The van der Waals surface area contributed by atoms with Gasteiger partial charge in [-0.2, -0.15) is 4.98 Å². The van der Waals surface area contributed by atoms with E-state index in [9.17, 15) is 0 Å². The van der Waals surface area contributed by atoms with Gasteiger partial charge in [-0.05, 0) is 36.8 Å². The molecule has 1 aliphatic heterocycles. The molecule has 5 nitrogen and oxygen atoms in total. The highest BCUT2D eigenvalue weighted by Gasteiger charge is 2.27. The average molecular weight is 306 g/mol. The quantitative estimate of drug-likeness (QED) is 0.920. The number of nitrogens with two attached hydrogens (primary N) is 1. The van der Waals surface area contributed by atoms with Gasteiger partial charge in [-0.15, -0.1) is 11.3 Å². The number of piperidine rings is 1. The predicted octanol–water partition coefficient (Wildman–Crippen LogP) is 2.75. The summed E-state index contributed by atoms with van der Waals surface area (Å²) in [5.74, 6) is 2.18.